The van der Waals surface area contributed by atoms with E-state index in [9.17, 15) is 10.1 Å². The van der Waals surface area contributed by atoms with E-state index in [1.807, 2.05) is 0 Å². The van der Waals surface area contributed by atoms with Crippen LogP contribution >= 0.6 is 0 Å². The Balaban J connectivity index is 3.07. The quantitative estimate of drug-likeness (QED) is 0.463. The zero-order valence-corrected chi connectivity index (χ0v) is 8.52. The van der Waals surface area contributed by atoms with Crippen molar-refractivity contribution >= 4 is 11.5 Å². The van der Waals surface area contributed by atoms with E-state index in [0.717, 1.165) is 5.56 Å². The predicted molar refractivity (Wildman–Crippen MR) is 57.5 cm³/mol. The summed E-state index contributed by atoms with van der Waals surface area (Å²) in [6.07, 6.45) is 6.72. The molecule has 15 heavy (non-hydrogen) atoms. The number of anilines is 1. The first-order valence-corrected chi connectivity index (χ1v) is 4.38. The molecule has 1 unspecified atom stereocenters. The lowest BCUT2D eigenvalue weighted by Gasteiger charge is -2.08. The fraction of sp³-hybridized carbons (Fsp3) is 0.300. The molecule has 0 aliphatic heterocycles. The molecule has 5 heteroatoms. The summed E-state index contributed by atoms with van der Waals surface area (Å²) in [6, 6.07) is 1.16. The van der Waals surface area contributed by atoms with Crippen LogP contribution in [-0.4, -0.2) is 15.9 Å². The Bertz CT molecular complexity index is 423. The zero-order chi connectivity index (χ0) is 11.4. The minimum absolute atomic E-state index is 0.0582. The van der Waals surface area contributed by atoms with Crippen LogP contribution in [0.2, 0.25) is 0 Å². The van der Waals surface area contributed by atoms with Gasteiger partial charge in [0.1, 0.15) is 0 Å². The number of aromatic nitrogens is 1. The van der Waals surface area contributed by atoms with Gasteiger partial charge in [-0.25, -0.2) is 4.98 Å². The molecular formula is C10H11N3O2. The van der Waals surface area contributed by atoms with Gasteiger partial charge >= 0.3 is 5.69 Å². The van der Waals surface area contributed by atoms with Gasteiger partial charge in [0.05, 0.1) is 11.0 Å². The zero-order valence-electron chi connectivity index (χ0n) is 8.52. The number of pyridine rings is 1. The maximum Gasteiger partial charge on any atom is 0.311 e. The molecule has 0 fully saturated rings. The molecule has 1 N–H and O–H groups in total. The van der Waals surface area contributed by atoms with Gasteiger partial charge in [-0.15, -0.1) is 6.42 Å². The molecule has 0 saturated heterocycles. The van der Waals surface area contributed by atoms with Crippen molar-refractivity contribution in [1.29, 1.82) is 0 Å². The molecule has 78 valence electrons. The second-order valence-corrected chi connectivity index (χ2v) is 3.17. The average molecular weight is 205 g/mol. The number of aryl methyl sites for hydroxylation is 1. The van der Waals surface area contributed by atoms with E-state index < -0.39 is 4.92 Å². The first-order valence-electron chi connectivity index (χ1n) is 4.38. The molecule has 1 aromatic rings. The van der Waals surface area contributed by atoms with E-state index in [4.69, 9.17) is 6.42 Å². The summed E-state index contributed by atoms with van der Waals surface area (Å²) in [4.78, 5) is 14.2. The van der Waals surface area contributed by atoms with Gasteiger partial charge in [0.15, 0.2) is 0 Å². The molecule has 5 nitrogen and oxygen atoms in total. The molecule has 1 heterocycles. The number of hydrogen-bond donors (Lipinski definition) is 1. The Kier molecular flexibility index (Phi) is 3.24. The van der Waals surface area contributed by atoms with Crippen LogP contribution in [0.3, 0.4) is 0 Å². The third-order valence-corrected chi connectivity index (χ3v) is 1.80. The fourth-order valence-corrected chi connectivity index (χ4v) is 1.05. The van der Waals surface area contributed by atoms with Crippen molar-refractivity contribution in [1.82, 2.24) is 4.98 Å². The molecular weight excluding hydrogens is 194 g/mol. The molecule has 0 aliphatic rings. The highest BCUT2D eigenvalue weighted by molar-refractivity contribution is 5.57. The molecule has 0 radical (unpaired) electrons. The number of nitrogens with zero attached hydrogens (tertiary/aromatic N) is 2. The molecule has 0 saturated carbocycles. The maximum absolute atomic E-state index is 10.7. The molecule has 0 aromatic carbocycles. The Morgan fingerprint density at radius 2 is 2.40 bits per heavy atom. The second kappa shape index (κ2) is 4.42. The van der Waals surface area contributed by atoms with Crippen LogP contribution in [0.25, 0.3) is 0 Å². The van der Waals surface area contributed by atoms with Crippen LogP contribution in [-0.2, 0) is 0 Å². The highest BCUT2D eigenvalue weighted by atomic mass is 16.6. The van der Waals surface area contributed by atoms with Crippen LogP contribution in [0, 0.1) is 29.4 Å². The van der Waals surface area contributed by atoms with E-state index in [1.54, 1.807) is 20.0 Å². The number of nitrogens with one attached hydrogen (secondary N) is 1. The Morgan fingerprint density at radius 3 is 2.93 bits per heavy atom. The van der Waals surface area contributed by atoms with Crippen molar-refractivity contribution in [3.8, 4) is 12.3 Å². The molecule has 1 aromatic heterocycles. The van der Waals surface area contributed by atoms with E-state index in [-0.39, 0.29) is 17.5 Å². The average Bonchev–Trinajstić information content (AvgIpc) is 2.20. The Hall–Kier alpha value is -2.09. The summed E-state index contributed by atoms with van der Waals surface area (Å²) in [5.41, 5.74) is 0.678. The summed E-state index contributed by atoms with van der Waals surface area (Å²) >= 11 is 0. The smallest absolute Gasteiger partial charge is 0.311 e. The van der Waals surface area contributed by atoms with Crippen molar-refractivity contribution in [2.45, 2.75) is 19.9 Å². The van der Waals surface area contributed by atoms with E-state index in [2.05, 4.69) is 16.2 Å². The van der Waals surface area contributed by atoms with Crippen molar-refractivity contribution in [3.63, 3.8) is 0 Å². The first kappa shape index (κ1) is 11.0. The highest BCUT2D eigenvalue weighted by Crippen LogP contribution is 2.22. The second-order valence-electron chi connectivity index (χ2n) is 3.17. The van der Waals surface area contributed by atoms with Crippen LogP contribution in [0.5, 0.6) is 0 Å². The Morgan fingerprint density at radius 1 is 1.73 bits per heavy atom. The normalized spacial score (nSPS) is 11.5. The monoisotopic (exact) mass is 205 g/mol. The number of terminal acetylenes is 1. The van der Waals surface area contributed by atoms with Gasteiger partial charge in [-0.1, -0.05) is 5.92 Å². The van der Waals surface area contributed by atoms with Crippen LogP contribution in [0.1, 0.15) is 12.5 Å². The predicted octanol–water partition coefficient (Wildman–Crippen LogP) is 1.73. The van der Waals surface area contributed by atoms with E-state index in [0.29, 0.717) is 0 Å². The van der Waals surface area contributed by atoms with Crippen molar-refractivity contribution in [3.05, 3.63) is 27.9 Å². The highest BCUT2D eigenvalue weighted by Gasteiger charge is 2.16. The van der Waals surface area contributed by atoms with Gasteiger partial charge in [-0.2, -0.15) is 0 Å². The van der Waals surface area contributed by atoms with Crippen LogP contribution < -0.4 is 5.32 Å². The van der Waals surface area contributed by atoms with Gasteiger partial charge in [-0.3, -0.25) is 10.1 Å². The van der Waals surface area contributed by atoms with Crippen LogP contribution in [0.4, 0.5) is 11.5 Å². The van der Waals surface area contributed by atoms with Gasteiger partial charge in [0.25, 0.3) is 0 Å². The molecule has 0 bridgehead atoms. The van der Waals surface area contributed by atoms with Gasteiger partial charge < -0.3 is 5.32 Å². The van der Waals surface area contributed by atoms with Crippen molar-refractivity contribution < 1.29 is 4.92 Å². The lowest BCUT2D eigenvalue weighted by atomic mass is 10.2. The summed E-state index contributed by atoms with van der Waals surface area (Å²) in [6.45, 7) is 3.47. The molecule has 0 amide bonds. The first-order chi connectivity index (χ1) is 7.04. The summed E-state index contributed by atoms with van der Waals surface area (Å²) in [5, 5.41) is 13.5. The van der Waals surface area contributed by atoms with E-state index in [1.165, 1.54) is 6.07 Å². The van der Waals surface area contributed by atoms with Gasteiger partial charge in [0.2, 0.25) is 5.82 Å². The molecule has 1 rings (SSSR count). The topological polar surface area (TPSA) is 68.1 Å². The minimum Gasteiger partial charge on any atom is -0.351 e. The molecule has 1 atom stereocenters. The minimum atomic E-state index is -0.481. The number of hydrogen-bond acceptors (Lipinski definition) is 4. The SMILES string of the molecule is C#CC(C)Nc1ncc(C)cc1[N+](=O)[O-]. The van der Waals surface area contributed by atoms with Crippen molar-refractivity contribution in [2.75, 3.05) is 5.32 Å². The lowest BCUT2D eigenvalue weighted by Crippen LogP contribution is -2.14. The molecule has 0 spiro atoms. The number of nitro groups is 1. The molecule has 0 aliphatic carbocycles. The standard InChI is InChI=1S/C10H11N3O2/c1-4-8(3)12-10-9(13(14)15)5-7(2)6-11-10/h1,5-6,8H,2-3H3,(H,11,12). The maximum atomic E-state index is 10.7. The van der Waals surface area contributed by atoms with Crippen LogP contribution in [0.15, 0.2) is 12.3 Å². The number of rotatable bonds is 3. The summed E-state index contributed by atoms with van der Waals surface area (Å²) < 4.78 is 0. The van der Waals surface area contributed by atoms with Gasteiger partial charge in [-0.05, 0) is 19.4 Å². The fourth-order valence-electron chi connectivity index (χ4n) is 1.05. The Labute approximate surface area is 87.7 Å². The lowest BCUT2D eigenvalue weighted by molar-refractivity contribution is -0.384. The summed E-state index contributed by atoms with van der Waals surface area (Å²) in [7, 11) is 0. The third kappa shape index (κ3) is 2.68. The van der Waals surface area contributed by atoms with Gasteiger partial charge in [0, 0.05) is 12.3 Å². The summed E-state index contributed by atoms with van der Waals surface area (Å²) in [5.74, 6) is 2.63. The third-order valence-electron chi connectivity index (χ3n) is 1.80. The van der Waals surface area contributed by atoms with Crippen molar-refractivity contribution in [2.24, 2.45) is 0 Å². The van der Waals surface area contributed by atoms with E-state index >= 15 is 0 Å². The largest absolute Gasteiger partial charge is 0.351 e.